The van der Waals surface area contributed by atoms with Crippen LogP contribution in [-0.2, 0) is 4.79 Å². The van der Waals surface area contributed by atoms with Crippen LogP contribution in [-0.4, -0.2) is 27.0 Å². The minimum atomic E-state index is -1.08. The molecule has 0 aliphatic heterocycles. The van der Waals surface area contributed by atoms with Gasteiger partial charge in [0.15, 0.2) is 5.82 Å². The Morgan fingerprint density at radius 1 is 1.41 bits per heavy atom. The number of aromatic nitrogens is 2. The van der Waals surface area contributed by atoms with E-state index in [4.69, 9.17) is 5.11 Å². The quantitative estimate of drug-likeness (QED) is 0.616. The highest BCUT2D eigenvalue weighted by Crippen LogP contribution is 2.18. The van der Waals surface area contributed by atoms with Gasteiger partial charge in [-0.2, -0.15) is 10.2 Å². The van der Waals surface area contributed by atoms with Gasteiger partial charge in [0.1, 0.15) is 5.71 Å². The molecule has 1 heterocycles. The number of hydrazone groups is 1. The summed E-state index contributed by atoms with van der Waals surface area (Å²) in [4.78, 5) is 10.6. The Hall–Kier alpha value is -2.50. The predicted molar refractivity (Wildman–Crippen MR) is 63.9 cm³/mol. The van der Waals surface area contributed by atoms with E-state index in [1.807, 2.05) is 24.3 Å². The highest BCUT2D eigenvalue weighted by Gasteiger charge is 2.04. The van der Waals surface area contributed by atoms with Crippen molar-refractivity contribution < 1.29 is 9.90 Å². The average molecular weight is 230 g/mol. The molecule has 0 saturated heterocycles. The Kier molecular flexibility index (Phi) is 2.95. The van der Waals surface area contributed by atoms with Gasteiger partial charge in [-0.1, -0.05) is 24.3 Å². The first-order valence-electron chi connectivity index (χ1n) is 4.92. The number of carboxylic acids is 1. The Labute approximate surface area is 97.0 Å². The summed E-state index contributed by atoms with van der Waals surface area (Å²) < 4.78 is 0. The second kappa shape index (κ2) is 4.56. The number of carbonyl (C=O) groups is 1. The number of nitrogens with zero attached hydrogens (tertiary/aromatic N) is 3. The maximum atomic E-state index is 10.6. The zero-order valence-corrected chi connectivity index (χ0v) is 9.08. The van der Waals surface area contributed by atoms with E-state index in [-0.39, 0.29) is 5.71 Å². The van der Waals surface area contributed by atoms with Gasteiger partial charge in [-0.05, 0) is 6.92 Å². The molecule has 0 radical (unpaired) electrons. The van der Waals surface area contributed by atoms with Crippen LogP contribution in [0.4, 0.5) is 5.82 Å². The summed E-state index contributed by atoms with van der Waals surface area (Å²) in [6, 6.07) is 7.50. The van der Waals surface area contributed by atoms with E-state index in [9.17, 15) is 4.79 Å². The summed E-state index contributed by atoms with van der Waals surface area (Å²) >= 11 is 0. The Balaban J connectivity index is 2.37. The van der Waals surface area contributed by atoms with Crippen molar-refractivity contribution in [2.24, 2.45) is 5.10 Å². The van der Waals surface area contributed by atoms with Crippen LogP contribution in [0.15, 0.2) is 35.6 Å². The first-order chi connectivity index (χ1) is 8.18. The molecule has 0 unspecified atom stereocenters. The summed E-state index contributed by atoms with van der Waals surface area (Å²) in [5.41, 5.74) is 2.56. The highest BCUT2D eigenvalue weighted by atomic mass is 16.4. The maximum absolute atomic E-state index is 10.6. The van der Waals surface area contributed by atoms with Gasteiger partial charge < -0.3 is 5.11 Å². The fraction of sp³-hybridized carbons (Fsp3) is 0.0909. The van der Waals surface area contributed by atoms with Crippen molar-refractivity contribution in [2.45, 2.75) is 6.92 Å². The monoisotopic (exact) mass is 230 g/mol. The molecule has 2 N–H and O–H groups in total. The fourth-order valence-electron chi connectivity index (χ4n) is 1.30. The van der Waals surface area contributed by atoms with Crippen LogP contribution in [0.3, 0.4) is 0 Å². The first kappa shape index (κ1) is 11.0. The van der Waals surface area contributed by atoms with Gasteiger partial charge in [-0.3, -0.25) is 5.43 Å². The molecule has 86 valence electrons. The van der Waals surface area contributed by atoms with Crippen LogP contribution in [0.2, 0.25) is 0 Å². The van der Waals surface area contributed by atoms with E-state index in [0.29, 0.717) is 5.82 Å². The van der Waals surface area contributed by atoms with Crippen LogP contribution in [0, 0.1) is 0 Å². The summed E-state index contributed by atoms with van der Waals surface area (Å²) in [5, 5.41) is 21.8. The second-order valence-electron chi connectivity index (χ2n) is 3.39. The van der Waals surface area contributed by atoms with Gasteiger partial charge in [0.25, 0.3) is 0 Å². The standard InChI is InChI=1S/C11H10N4O2/c1-7(11(16)17)13-15-10-9-5-3-2-4-8(9)6-12-14-10/h2-6H,1H3,(H,14,15)(H,16,17). The van der Waals surface area contributed by atoms with Gasteiger partial charge in [-0.25, -0.2) is 4.79 Å². The number of anilines is 1. The van der Waals surface area contributed by atoms with E-state index in [1.54, 1.807) is 6.20 Å². The number of fused-ring (bicyclic) bond motifs is 1. The third-order valence-electron chi connectivity index (χ3n) is 2.21. The van der Waals surface area contributed by atoms with Crippen molar-refractivity contribution >= 4 is 28.3 Å². The third-order valence-corrected chi connectivity index (χ3v) is 2.21. The number of benzene rings is 1. The van der Waals surface area contributed by atoms with E-state index >= 15 is 0 Å². The molecule has 0 atom stereocenters. The molecule has 0 aliphatic carbocycles. The number of hydrogen-bond acceptors (Lipinski definition) is 5. The largest absolute Gasteiger partial charge is 0.477 e. The van der Waals surface area contributed by atoms with Crippen LogP contribution in [0.1, 0.15) is 6.92 Å². The van der Waals surface area contributed by atoms with Crippen LogP contribution in [0.25, 0.3) is 10.8 Å². The molecule has 6 heteroatoms. The number of nitrogens with one attached hydrogen (secondary N) is 1. The molecular formula is C11H10N4O2. The first-order valence-corrected chi connectivity index (χ1v) is 4.92. The topological polar surface area (TPSA) is 87.5 Å². The molecule has 0 aliphatic rings. The minimum Gasteiger partial charge on any atom is -0.477 e. The molecule has 0 saturated carbocycles. The Morgan fingerprint density at radius 3 is 2.94 bits per heavy atom. The molecule has 17 heavy (non-hydrogen) atoms. The van der Waals surface area contributed by atoms with Crippen molar-refractivity contribution in [1.29, 1.82) is 0 Å². The SMILES string of the molecule is CC(=NNc1nncc2ccccc12)C(=O)O. The van der Waals surface area contributed by atoms with Crippen molar-refractivity contribution in [3.8, 4) is 0 Å². The van der Waals surface area contributed by atoms with Gasteiger partial charge in [0.05, 0.1) is 6.20 Å². The molecule has 0 fully saturated rings. The number of rotatable bonds is 3. The lowest BCUT2D eigenvalue weighted by Crippen LogP contribution is -2.10. The van der Waals surface area contributed by atoms with Crippen molar-refractivity contribution in [3.05, 3.63) is 30.5 Å². The van der Waals surface area contributed by atoms with Crippen molar-refractivity contribution in [1.82, 2.24) is 10.2 Å². The minimum absolute atomic E-state index is 0.0419. The molecule has 6 nitrogen and oxygen atoms in total. The summed E-state index contributed by atoms with van der Waals surface area (Å²) in [6.45, 7) is 1.40. The lowest BCUT2D eigenvalue weighted by atomic mass is 10.2. The van der Waals surface area contributed by atoms with E-state index in [1.165, 1.54) is 6.92 Å². The lowest BCUT2D eigenvalue weighted by Gasteiger charge is -2.03. The van der Waals surface area contributed by atoms with Gasteiger partial charge in [0.2, 0.25) is 0 Å². The van der Waals surface area contributed by atoms with Gasteiger partial charge in [-0.15, -0.1) is 5.10 Å². The van der Waals surface area contributed by atoms with Crippen molar-refractivity contribution in [3.63, 3.8) is 0 Å². The number of aliphatic carboxylic acids is 1. The second-order valence-corrected chi connectivity index (χ2v) is 3.39. The summed E-state index contributed by atoms with van der Waals surface area (Å²) in [6.07, 6.45) is 1.63. The fourth-order valence-corrected chi connectivity index (χ4v) is 1.30. The van der Waals surface area contributed by atoms with Gasteiger partial charge >= 0.3 is 5.97 Å². The molecule has 1 aromatic heterocycles. The highest BCUT2D eigenvalue weighted by molar-refractivity contribution is 6.34. The molecule has 0 spiro atoms. The van der Waals surface area contributed by atoms with Gasteiger partial charge in [0, 0.05) is 10.8 Å². The molecule has 2 rings (SSSR count). The third kappa shape index (κ3) is 2.36. The predicted octanol–water partition coefficient (Wildman–Crippen LogP) is 1.50. The maximum Gasteiger partial charge on any atom is 0.351 e. The molecule has 0 amide bonds. The zero-order valence-electron chi connectivity index (χ0n) is 9.08. The van der Waals surface area contributed by atoms with Crippen LogP contribution >= 0.6 is 0 Å². The summed E-state index contributed by atoms with van der Waals surface area (Å²) in [7, 11) is 0. The van der Waals surface area contributed by atoms with E-state index in [2.05, 4.69) is 20.7 Å². The molecule has 2 aromatic rings. The molecule has 1 aromatic carbocycles. The van der Waals surface area contributed by atoms with Crippen molar-refractivity contribution in [2.75, 3.05) is 5.43 Å². The van der Waals surface area contributed by atoms with E-state index in [0.717, 1.165) is 10.8 Å². The normalized spacial score (nSPS) is 11.5. The molecule has 0 bridgehead atoms. The Morgan fingerprint density at radius 2 is 2.18 bits per heavy atom. The number of carboxylic acid groups (broad SMARTS) is 1. The lowest BCUT2D eigenvalue weighted by molar-refractivity contribution is -0.129. The smallest absolute Gasteiger partial charge is 0.351 e. The summed E-state index contributed by atoms with van der Waals surface area (Å²) in [5.74, 6) is -0.644. The molecular weight excluding hydrogens is 220 g/mol. The zero-order chi connectivity index (χ0) is 12.3. The average Bonchev–Trinajstić information content (AvgIpc) is 2.35. The van der Waals surface area contributed by atoms with Crippen LogP contribution in [0.5, 0.6) is 0 Å². The Bertz CT molecular complexity index is 590. The van der Waals surface area contributed by atoms with Crippen LogP contribution < -0.4 is 5.43 Å². The number of hydrogen-bond donors (Lipinski definition) is 2. The van der Waals surface area contributed by atoms with E-state index < -0.39 is 5.97 Å².